The van der Waals surface area contributed by atoms with Crippen molar-refractivity contribution in [1.82, 2.24) is 5.32 Å². The average Bonchev–Trinajstić information content (AvgIpc) is 2.14. The summed E-state index contributed by atoms with van der Waals surface area (Å²) in [4.78, 5) is 0. The normalized spacial score (nSPS) is 27.4. The fraction of sp³-hybridized carbons (Fsp3) is 1.00. The Bertz CT molecular complexity index is 52.4. The van der Waals surface area contributed by atoms with Crippen LogP contribution < -0.4 is 11.1 Å². The van der Waals surface area contributed by atoms with Crippen LogP contribution >= 0.6 is 12.4 Å². The summed E-state index contributed by atoms with van der Waals surface area (Å²) in [5.41, 5.74) is 5.37. The van der Waals surface area contributed by atoms with Crippen molar-refractivity contribution in [1.29, 1.82) is 0 Å². The molecule has 1 aliphatic rings. The molecule has 0 unspecified atom stereocenters. The molecule has 1 rings (SSSR count). The van der Waals surface area contributed by atoms with Crippen LogP contribution in [-0.2, 0) is 0 Å². The number of nitrogens with one attached hydrogen (secondary N) is 1. The maximum absolute atomic E-state index is 5.37. The standard InChI is InChI=1S/C5H12N2.ClH/c6-4-5-2-1-3-7-5;/h5,7H,1-4,6H2;1H/t5-;/m1./s1. The zero-order chi connectivity index (χ0) is 5.11. The molecular weight excluding hydrogens is 124 g/mol. The van der Waals surface area contributed by atoms with Crippen molar-refractivity contribution >= 4 is 12.4 Å². The minimum absolute atomic E-state index is 0. The predicted molar refractivity (Wildman–Crippen MR) is 37.3 cm³/mol. The van der Waals surface area contributed by atoms with Crippen molar-refractivity contribution in [3.05, 3.63) is 0 Å². The van der Waals surface area contributed by atoms with Gasteiger partial charge in [-0.25, -0.2) is 0 Å². The molecule has 0 aromatic rings. The first kappa shape index (κ1) is 8.21. The summed E-state index contributed by atoms with van der Waals surface area (Å²) >= 11 is 0. The molecule has 50 valence electrons. The van der Waals surface area contributed by atoms with Crippen molar-refractivity contribution in [3.63, 3.8) is 0 Å². The first-order chi connectivity index (χ1) is 3.43. The van der Waals surface area contributed by atoms with Gasteiger partial charge in [0.05, 0.1) is 0 Å². The zero-order valence-corrected chi connectivity index (χ0v) is 5.71. The van der Waals surface area contributed by atoms with E-state index in [4.69, 9.17) is 5.73 Å². The van der Waals surface area contributed by atoms with Crippen LogP contribution in [0.3, 0.4) is 0 Å². The third-order valence-electron chi connectivity index (χ3n) is 1.45. The van der Waals surface area contributed by atoms with E-state index < -0.39 is 0 Å². The Kier molecular flexibility index (Phi) is 4.23. The zero-order valence-electron chi connectivity index (χ0n) is 4.89. The molecule has 0 spiro atoms. The average molecular weight is 137 g/mol. The molecule has 0 amide bonds. The van der Waals surface area contributed by atoms with Gasteiger partial charge in [0.15, 0.2) is 0 Å². The lowest BCUT2D eigenvalue weighted by molar-refractivity contribution is 0.616. The number of rotatable bonds is 1. The van der Waals surface area contributed by atoms with Crippen LogP contribution in [-0.4, -0.2) is 19.1 Å². The topological polar surface area (TPSA) is 38.0 Å². The number of halogens is 1. The molecule has 0 saturated carbocycles. The van der Waals surface area contributed by atoms with Crippen LogP contribution in [0.15, 0.2) is 0 Å². The summed E-state index contributed by atoms with van der Waals surface area (Å²) in [6.07, 6.45) is 2.58. The molecule has 0 aliphatic carbocycles. The fourth-order valence-electron chi connectivity index (χ4n) is 0.958. The Labute approximate surface area is 56.2 Å². The van der Waals surface area contributed by atoms with Crippen LogP contribution in [0.25, 0.3) is 0 Å². The summed E-state index contributed by atoms with van der Waals surface area (Å²) < 4.78 is 0. The van der Waals surface area contributed by atoms with Crippen LogP contribution in [0.5, 0.6) is 0 Å². The second-order valence-corrected chi connectivity index (χ2v) is 2.03. The monoisotopic (exact) mass is 136 g/mol. The molecule has 0 aromatic carbocycles. The molecule has 1 aliphatic heterocycles. The van der Waals surface area contributed by atoms with E-state index >= 15 is 0 Å². The molecule has 0 aromatic heterocycles. The summed E-state index contributed by atoms with van der Waals surface area (Å²) in [6.45, 7) is 1.97. The highest BCUT2D eigenvalue weighted by Gasteiger charge is 2.09. The number of nitrogens with two attached hydrogens (primary N) is 1. The van der Waals surface area contributed by atoms with Crippen LogP contribution in [0.2, 0.25) is 0 Å². The van der Waals surface area contributed by atoms with Gasteiger partial charge in [0.2, 0.25) is 0 Å². The van der Waals surface area contributed by atoms with Gasteiger partial charge in [-0.2, -0.15) is 0 Å². The quantitative estimate of drug-likeness (QED) is 0.538. The fourth-order valence-corrected chi connectivity index (χ4v) is 0.958. The Hall–Kier alpha value is 0.210. The molecule has 3 heteroatoms. The van der Waals surface area contributed by atoms with Crippen LogP contribution in [0, 0.1) is 0 Å². The molecule has 2 nitrogen and oxygen atoms in total. The Morgan fingerprint density at radius 2 is 2.38 bits per heavy atom. The summed E-state index contributed by atoms with van der Waals surface area (Å²) in [7, 11) is 0. The molecule has 0 radical (unpaired) electrons. The maximum atomic E-state index is 5.37. The highest BCUT2D eigenvalue weighted by atomic mass is 35.5. The second-order valence-electron chi connectivity index (χ2n) is 2.03. The van der Waals surface area contributed by atoms with E-state index in [1.54, 1.807) is 0 Å². The Morgan fingerprint density at radius 3 is 2.62 bits per heavy atom. The number of hydrogen-bond donors (Lipinski definition) is 2. The summed E-state index contributed by atoms with van der Waals surface area (Å²) in [6, 6.07) is 0.625. The van der Waals surface area contributed by atoms with Gasteiger partial charge >= 0.3 is 0 Å². The van der Waals surface area contributed by atoms with Gasteiger partial charge in [-0.15, -0.1) is 12.4 Å². The highest BCUT2D eigenvalue weighted by Crippen LogP contribution is 2.01. The molecular formula is C5H13ClN2. The van der Waals surface area contributed by atoms with Crippen molar-refractivity contribution < 1.29 is 0 Å². The molecule has 8 heavy (non-hydrogen) atoms. The van der Waals surface area contributed by atoms with Gasteiger partial charge in [-0.05, 0) is 19.4 Å². The molecule has 1 fully saturated rings. The molecule has 1 saturated heterocycles. The minimum atomic E-state index is 0. The third kappa shape index (κ3) is 1.99. The van der Waals surface area contributed by atoms with Gasteiger partial charge < -0.3 is 11.1 Å². The van der Waals surface area contributed by atoms with Gasteiger partial charge in [0.1, 0.15) is 0 Å². The van der Waals surface area contributed by atoms with Crippen LogP contribution in [0.1, 0.15) is 12.8 Å². The lowest BCUT2D eigenvalue weighted by Crippen LogP contribution is -2.29. The largest absolute Gasteiger partial charge is 0.329 e. The van der Waals surface area contributed by atoms with Gasteiger partial charge in [0, 0.05) is 12.6 Å². The SMILES string of the molecule is Cl.NC[C@H]1CCCN1. The minimum Gasteiger partial charge on any atom is -0.329 e. The van der Waals surface area contributed by atoms with Crippen molar-refractivity contribution in [2.75, 3.05) is 13.1 Å². The third-order valence-corrected chi connectivity index (χ3v) is 1.45. The molecule has 0 bridgehead atoms. The van der Waals surface area contributed by atoms with Crippen molar-refractivity contribution in [3.8, 4) is 0 Å². The molecule has 3 N–H and O–H groups in total. The maximum Gasteiger partial charge on any atom is 0.0190 e. The lowest BCUT2D eigenvalue weighted by atomic mass is 10.2. The van der Waals surface area contributed by atoms with Crippen molar-refractivity contribution in [2.45, 2.75) is 18.9 Å². The van der Waals surface area contributed by atoms with E-state index in [1.165, 1.54) is 19.4 Å². The predicted octanol–water partition coefficient (Wildman–Crippen LogP) is 0.119. The molecule has 1 heterocycles. The van der Waals surface area contributed by atoms with E-state index in [0.717, 1.165) is 6.54 Å². The van der Waals surface area contributed by atoms with E-state index in [9.17, 15) is 0 Å². The first-order valence-corrected chi connectivity index (χ1v) is 2.87. The Morgan fingerprint density at radius 1 is 1.62 bits per heavy atom. The van der Waals surface area contributed by atoms with Crippen LogP contribution in [0.4, 0.5) is 0 Å². The van der Waals surface area contributed by atoms with E-state index in [0.29, 0.717) is 6.04 Å². The highest BCUT2D eigenvalue weighted by molar-refractivity contribution is 5.85. The van der Waals surface area contributed by atoms with Crippen molar-refractivity contribution in [2.24, 2.45) is 5.73 Å². The van der Waals surface area contributed by atoms with Gasteiger partial charge in [0.25, 0.3) is 0 Å². The second kappa shape index (κ2) is 4.13. The smallest absolute Gasteiger partial charge is 0.0190 e. The molecule has 1 atom stereocenters. The lowest BCUT2D eigenvalue weighted by Gasteiger charge is -2.02. The van der Waals surface area contributed by atoms with Gasteiger partial charge in [-0.1, -0.05) is 0 Å². The van der Waals surface area contributed by atoms with Gasteiger partial charge in [-0.3, -0.25) is 0 Å². The number of hydrogen-bond acceptors (Lipinski definition) is 2. The van der Waals surface area contributed by atoms with E-state index in [1.807, 2.05) is 0 Å². The Balaban J connectivity index is 0.000000490. The summed E-state index contributed by atoms with van der Waals surface area (Å²) in [5.74, 6) is 0. The summed E-state index contributed by atoms with van der Waals surface area (Å²) in [5, 5.41) is 3.28. The van der Waals surface area contributed by atoms with E-state index in [-0.39, 0.29) is 12.4 Å². The first-order valence-electron chi connectivity index (χ1n) is 2.87. The van der Waals surface area contributed by atoms with E-state index in [2.05, 4.69) is 5.32 Å².